The molecule has 1 aromatic heterocycles. The number of nitrogens with zero attached hydrogens (tertiary/aromatic N) is 2. The zero-order valence-electron chi connectivity index (χ0n) is 15.5. The second kappa shape index (κ2) is 6.71. The highest BCUT2D eigenvalue weighted by atomic mass is 16.7. The van der Waals surface area contributed by atoms with Crippen LogP contribution in [0.3, 0.4) is 0 Å². The summed E-state index contributed by atoms with van der Waals surface area (Å²) in [6, 6.07) is 0. The maximum absolute atomic E-state index is 12.7. The topological polar surface area (TPSA) is 124 Å². The molecule has 10 heteroatoms. The van der Waals surface area contributed by atoms with Gasteiger partial charge in [0.25, 0.3) is 5.88 Å². The smallest absolute Gasteiger partial charge is 0.344 e. The number of ether oxygens (including phenoxy) is 4. The van der Waals surface area contributed by atoms with Gasteiger partial charge in [-0.3, -0.25) is 9.59 Å². The van der Waals surface area contributed by atoms with Crippen molar-refractivity contribution in [1.82, 2.24) is 9.88 Å². The third-order valence-corrected chi connectivity index (χ3v) is 5.04. The number of aryl methyl sites for hydroxylation is 1. The number of cyclic esters (lactones) is 1. The summed E-state index contributed by atoms with van der Waals surface area (Å²) in [4.78, 5) is 43.4. The summed E-state index contributed by atoms with van der Waals surface area (Å²) < 4.78 is 21.9. The molecule has 1 fully saturated rings. The molecule has 1 aromatic rings. The second-order valence-electron chi connectivity index (χ2n) is 7.05. The first kappa shape index (κ1) is 18.6. The molecule has 150 valence electrons. The Hall–Kier alpha value is -2.72. The van der Waals surface area contributed by atoms with E-state index in [1.54, 1.807) is 11.8 Å². The molecule has 0 aliphatic carbocycles. The Balaban J connectivity index is 1.92. The molecule has 0 saturated carbocycles. The molecule has 28 heavy (non-hydrogen) atoms. The van der Waals surface area contributed by atoms with Crippen LogP contribution in [0.4, 0.5) is 0 Å². The van der Waals surface area contributed by atoms with Crippen LogP contribution < -0.4 is 14.2 Å². The molecular weight excluding hydrogens is 372 g/mol. The summed E-state index contributed by atoms with van der Waals surface area (Å²) >= 11 is 0. The molecule has 0 spiro atoms. The van der Waals surface area contributed by atoms with Gasteiger partial charge in [0.2, 0.25) is 5.75 Å². The van der Waals surface area contributed by atoms with Crippen molar-refractivity contribution in [3.05, 3.63) is 11.3 Å². The van der Waals surface area contributed by atoms with Crippen LogP contribution in [0.2, 0.25) is 0 Å². The number of likely N-dealkylation sites (tertiary alicyclic amines) is 1. The van der Waals surface area contributed by atoms with Gasteiger partial charge >= 0.3 is 24.3 Å². The molecular formula is C18H20N2O8. The monoisotopic (exact) mass is 392 g/mol. The Morgan fingerprint density at radius 2 is 1.82 bits per heavy atom. The van der Waals surface area contributed by atoms with Crippen molar-refractivity contribution in [3.63, 3.8) is 0 Å². The van der Waals surface area contributed by atoms with Crippen molar-refractivity contribution in [2.75, 3.05) is 13.1 Å². The Morgan fingerprint density at radius 1 is 1.11 bits per heavy atom. The van der Waals surface area contributed by atoms with Gasteiger partial charge in [-0.05, 0) is 19.8 Å². The number of fused-ring (bicyclic) bond motifs is 2. The molecule has 0 aromatic carbocycles. The van der Waals surface area contributed by atoms with Gasteiger partial charge < -0.3 is 24.1 Å². The average Bonchev–Trinajstić information content (AvgIpc) is 2.57. The highest BCUT2D eigenvalue weighted by Crippen LogP contribution is 2.44. The summed E-state index contributed by atoms with van der Waals surface area (Å²) in [6.07, 6.45) is -1.29. The van der Waals surface area contributed by atoms with Gasteiger partial charge in [0, 0.05) is 18.7 Å². The molecule has 1 N–H and O–H groups in total. The number of carbonyl (C=O) groups is 3. The number of hydrogen-bond donors (Lipinski definition) is 1. The van der Waals surface area contributed by atoms with Crippen LogP contribution in [-0.4, -0.2) is 58.0 Å². The Morgan fingerprint density at radius 3 is 2.46 bits per heavy atom. The van der Waals surface area contributed by atoms with Crippen LogP contribution >= 0.6 is 0 Å². The van der Waals surface area contributed by atoms with E-state index < -0.39 is 42.8 Å². The van der Waals surface area contributed by atoms with E-state index in [0.717, 1.165) is 6.42 Å². The zero-order chi connectivity index (χ0) is 20.1. The quantitative estimate of drug-likeness (QED) is 0.699. The van der Waals surface area contributed by atoms with E-state index in [2.05, 4.69) is 4.98 Å². The summed E-state index contributed by atoms with van der Waals surface area (Å²) in [6.45, 7) is 4.79. The predicted molar refractivity (Wildman–Crippen MR) is 90.5 cm³/mol. The Bertz CT molecular complexity index is 866. The van der Waals surface area contributed by atoms with Crippen molar-refractivity contribution in [3.8, 4) is 17.4 Å². The standard InChI is InChI=1S/C18H20N2O8/c1-3-10-9(2)13-14-15(19-10)25-11(21)7-18(24,16(23)27-13)8-12(22)26-17(28-14)20-5-4-6-20/h17,24H,3-8H2,1-2H3/t17-,18+/m1/s1. The summed E-state index contributed by atoms with van der Waals surface area (Å²) in [5.74, 6) is -3.31. The van der Waals surface area contributed by atoms with Gasteiger partial charge in [-0.2, -0.15) is 0 Å². The molecule has 0 unspecified atom stereocenters. The maximum atomic E-state index is 12.7. The van der Waals surface area contributed by atoms with Crippen molar-refractivity contribution in [1.29, 1.82) is 0 Å². The van der Waals surface area contributed by atoms with Gasteiger partial charge in [-0.1, -0.05) is 6.92 Å². The molecule has 4 heterocycles. The number of aliphatic hydroxyl groups is 1. The SMILES string of the molecule is CCc1nc2c3c(c1C)OC(=O)[C@](O)(CC(=O)O2)CC(=O)O[C@@H](N1CCC1)O3. The number of pyridine rings is 1. The number of rotatable bonds is 2. The lowest BCUT2D eigenvalue weighted by Gasteiger charge is -2.37. The van der Waals surface area contributed by atoms with Crippen molar-refractivity contribution >= 4 is 17.9 Å². The molecule has 4 rings (SSSR count). The van der Waals surface area contributed by atoms with Crippen molar-refractivity contribution < 1.29 is 38.4 Å². The maximum Gasteiger partial charge on any atom is 0.344 e. The van der Waals surface area contributed by atoms with Gasteiger partial charge in [0.15, 0.2) is 11.4 Å². The number of esters is 3. The van der Waals surface area contributed by atoms with E-state index in [1.165, 1.54) is 0 Å². The molecule has 4 bridgehead atoms. The summed E-state index contributed by atoms with van der Waals surface area (Å²) in [5.41, 5.74) is -1.38. The minimum Gasteiger partial charge on any atom is -0.432 e. The normalized spacial score (nSPS) is 27.5. The van der Waals surface area contributed by atoms with E-state index in [4.69, 9.17) is 18.9 Å². The first-order valence-corrected chi connectivity index (χ1v) is 9.09. The second-order valence-corrected chi connectivity index (χ2v) is 7.05. The lowest BCUT2D eigenvalue weighted by molar-refractivity contribution is -0.210. The van der Waals surface area contributed by atoms with Gasteiger partial charge in [0.05, 0.1) is 18.5 Å². The molecule has 3 aliphatic rings. The molecule has 2 atom stereocenters. The van der Waals surface area contributed by atoms with Gasteiger partial charge in [0.1, 0.15) is 0 Å². The van der Waals surface area contributed by atoms with Crippen molar-refractivity contribution in [2.45, 2.75) is 51.5 Å². The summed E-state index contributed by atoms with van der Waals surface area (Å²) in [7, 11) is 0. The van der Waals surface area contributed by atoms with Crippen molar-refractivity contribution in [2.24, 2.45) is 0 Å². The minimum atomic E-state index is -2.42. The van der Waals surface area contributed by atoms with E-state index in [0.29, 0.717) is 30.8 Å². The predicted octanol–water partition coefficient (Wildman–Crippen LogP) is 0.213. The average molecular weight is 392 g/mol. The lowest BCUT2D eigenvalue weighted by Crippen LogP contribution is -2.52. The van der Waals surface area contributed by atoms with Crippen LogP contribution in [0.1, 0.15) is 37.4 Å². The third-order valence-electron chi connectivity index (χ3n) is 5.04. The number of hydrogen-bond acceptors (Lipinski definition) is 10. The Kier molecular flexibility index (Phi) is 4.47. The van der Waals surface area contributed by atoms with E-state index in [9.17, 15) is 19.5 Å². The first-order valence-electron chi connectivity index (χ1n) is 9.09. The molecule has 10 nitrogen and oxygen atoms in total. The highest BCUT2D eigenvalue weighted by Gasteiger charge is 2.48. The van der Waals surface area contributed by atoms with E-state index in [1.807, 2.05) is 6.92 Å². The highest BCUT2D eigenvalue weighted by molar-refractivity contribution is 5.93. The fourth-order valence-electron chi connectivity index (χ4n) is 3.29. The van der Waals surface area contributed by atoms with E-state index >= 15 is 0 Å². The van der Waals surface area contributed by atoms with Crippen LogP contribution in [0.5, 0.6) is 17.4 Å². The molecule has 0 amide bonds. The Labute approximate surface area is 160 Å². The fraction of sp³-hybridized carbons (Fsp3) is 0.556. The number of aromatic nitrogens is 1. The summed E-state index contributed by atoms with van der Waals surface area (Å²) in [5, 5.41) is 10.8. The van der Waals surface area contributed by atoms with Crippen LogP contribution in [-0.2, 0) is 25.5 Å². The third kappa shape index (κ3) is 3.08. The lowest BCUT2D eigenvalue weighted by atomic mass is 9.95. The largest absolute Gasteiger partial charge is 0.432 e. The first-order chi connectivity index (χ1) is 13.3. The molecule has 1 saturated heterocycles. The minimum absolute atomic E-state index is 0.0107. The fourth-order valence-corrected chi connectivity index (χ4v) is 3.29. The number of carbonyl (C=O) groups excluding carboxylic acids is 3. The van der Waals surface area contributed by atoms with E-state index in [-0.39, 0.29) is 17.4 Å². The molecule has 0 radical (unpaired) electrons. The zero-order valence-corrected chi connectivity index (χ0v) is 15.5. The van der Waals surface area contributed by atoms with Crippen LogP contribution in [0.25, 0.3) is 0 Å². The molecule has 3 aliphatic heterocycles. The van der Waals surface area contributed by atoms with Gasteiger partial charge in [-0.15, -0.1) is 0 Å². The van der Waals surface area contributed by atoms with Gasteiger partial charge in [-0.25, -0.2) is 14.7 Å². The van der Waals surface area contributed by atoms with Crippen LogP contribution in [0, 0.1) is 6.92 Å². The van der Waals surface area contributed by atoms with Crippen LogP contribution in [0.15, 0.2) is 0 Å².